The Bertz CT molecular complexity index is 268. The van der Waals surface area contributed by atoms with Gasteiger partial charge in [0, 0.05) is 12.8 Å². The number of nitrogens with one attached hydrogen (secondary N) is 1. The summed E-state index contributed by atoms with van der Waals surface area (Å²) in [5, 5.41) is 2.62. The fourth-order valence-corrected chi connectivity index (χ4v) is 1.70. The summed E-state index contributed by atoms with van der Waals surface area (Å²) in [6.45, 7) is 4.68. The van der Waals surface area contributed by atoms with Gasteiger partial charge in [0.2, 0.25) is 5.91 Å². The second-order valence-corrected chi connectivity index (χ2v) is 5.70. The predicted molar refractivity (Wildman–Crippen MR) is 56.8 cm³/mol. The summed E-state index contributed by atoms with van der Waals surface area (Å²) >= 11 is 0. The van der Waals surface area contributed by atoms with E-state index in [0.29, 0.717) is 12.5 Å². The third-order valence-corrected chi connectivity index (χ3v) is 2.92. The van der Waals surface area contributed by atoms with Gasteiger partial charge in [-0.1, -0.05) is 26.7 Å². The van der Waals surface area contributed by atoms with Crippen LogP contribution in [0.3, 0.4) is 0 Å². The first-order valence-electron chi connectivity index (χ1n) is 4.83. The van der Waals surface area contributed by atoms with Crippen molar-refractivity contribution in [2.45, 2.75) is 26.7 Å². The molecule has 14 heavy (non-hydrogen) atoms. The van der Waals surface area contributed by atoms with Crippen LogP contribution in [0.2, 0.25) is 0 Å². The van der Waals surface area contributed by atoms with Crippen LogP contribution in [-0.2, 0) is 14.6 Å². The Hall–Kier alpha value is -0.580. The van der Waals surface area contributed by atoms with Gasteiger partial charge in [-0.25, -0.2) is 8.42 Å². The highest BCUT2D eigenvalue weighted by atomic mass is 32.2. The Morgan fingerprint density at radius 1 is 1.29 bits per heavy atom. The van der Waals surface area contributed by atoms with Crippen molar-refractivity contribution >= 4 is 15.7 Å². The molecule has 0 radical (unpaired) electrons. The van der Waals surface area contributed by atoms with Crippen LogP contribution in [-0.4, -0.2) is 32.9 Å². The SMILES string of the molecule is CCC(CC)CNC(=O)CS(C)(=O)=O. The fourth-order valence-electron chi connectivity index (χ4n) is 1.12. The molecule has 0 bridgehead atoms. The Balaban J connectivity index is 3.85. The monoisotopic (exact) mass is 221 g/mol. The quantitative estimate of drug-likeness (QED) is 0.713. The molecule has 4 nitrogen and oxygen atoms in total. The molecule has 1 amide bonds. The van der Waals surface area contributed by atoms with Crippen LogP contribution >= 0.6 is 0 Å². The van der Waals surface area contributed by atoms with Gasteiger partial charge in [-0.05, 0) is 5.92 Å². The summed E-state index contributed by atoms with van der Waals surface area (Å²) in [7, 11) is -3.20. The van der Waals surface area contributed by atoms with Crippen molar-refractivity contribution in [3.05, 3.63) is 0 Å². The maximum absolute atomic E-state index is 11.1. The van der Waals surface area contributed by atoms with Crippen LogP contribution in [0, 0.1) is 5.92 Å². The van der Waals surface area contributed by atoms with Gasteiger partial charge in [0.25, 0.3) is 0 Å². The highest BCUT2D eigenvalue weighted by molar-refractivity contribution is 7.91. The van der Waals surface area contributed by atoms with Gasteiger partial charge < -0.3 is 5.32 Å². The predicted octanol–water partition coefficient (Wildman–Crippen LogP) is 0.583. The van der Waals surface area contributed by atoms with E-state index in [4.69, 9.17) is 0 Å². The molecule has 0 fully saturated rings. The van der Waals surface area contributed by atoms with E-state index in [2.05, 4.69) is 19.2 Å². The lowest BCUT2D eigenvalue weighted by atomic mass is 10.0. The number of carbonyl (C=O) groups excluding carboxylic acids is 1. The van der Waals surface area contributed by atoms with E-state index in [1.165, 1.54) is 0 Å². The average molecular weight is 221 g/mol. The van der Waals surface area contributed by atoms with E-state index in [9.17, 15) is 13.2 Å². The number of sulfone groups is 1. The lowest BCUT2D eigenvalue weighted by molar-refractivity contribution is -0.118. The van der Waals surface area contributed by atoms with Crippen molar-refractivity contribution in [1.82, 2.24) is 5.32 Å². The van der Waals surface area contributed by atoms with E-state index in [0.717, 1.165) is 19.1 Å². The van der Waals surface area contributed by atoms with Crippen molar-refractivity contribution in [2.75, 3.05) is 18.6 Å². The highest BCUT2D eigenvalue weighted by Gasteiger charge is 2.11. The van der Waals surface area contributed by atoms with E-state index in [-0.39, 0.29) is 0 Å². The van der Waals surface area contributed by atoms with Crippen molar-refractivity contribution in [2.24, 2.45) is 5.92 Å². The van der Waals surface area contributed by atoms with Gasteiger partial charge in [0.15, 0.2) is 9.84 Å². The normalized spacial score (nSPS) is 11.7. The van der Waals surface area contributed by atoms with Crippen molar-refractivity contribution < 1.29 is 13.2 Å². The van der Waals surface area contributed by atoms with Crippen LogP contribution in [0.1, 0.15) is 26.7 Å². The standard InChI is InChI=1S/C9H19NO3S/c1-4-8(5-2)6-10-9(11)7-14(3,12)13/h8H,4-7H2,1-3H3,(H,10,11). The maximum atomic E-state index is 11.1. The van der Waals surface area contributed by atoms with Gasteiger partial charge in [-0.2, -0.15) is 0 Å². The molecule has 5 heteroatoms. The minimum Gasteiger partial charge on any atom is -0.355 e. The molecule has 0 heterocycles. The lowest BCUT2D eigenvalue weighted by Gasteiger charge is -2.12. The van der Waals surface area contributed by atoms with Gasteiger partial charge in [0.1, 0.15) is 5.75 Å². The summed E-state index contributed by atoms with van der Waals surface area (Å²) in [5.74, 6) is -0.370. The van der Waals surface area contributed by atoms with Gasteiger partial charge in [0.05, 0.1) is 0 Å². The topological polar surface area (TPSA) is 63.2 Å². The highest BCUT2D eigenvalue weighted by Crippen LogP contribution is 2.04. The van der Waals surface area contributed by atoms with Crippen LogP contribution in [0.4, 0.5) is 0 Å². The van der Waals surface area contributed by atoms with E-state index < -0.39 is 21.5 Å². The average Bonchev–Trinajstić information content (AvgIpc) is 2.03. The summed E-state index contributed by atoms with van der Waals surface area (Å²) in [5.41, 5.74) is 0. The first-order chi connectivity index (χ1) is 6.39. The molecule has 0 unspecified atom stereocenters. The largest absolute Gasteiger partial charge is 0.355 e. The molecule has 1 N–H and O–H groups in total. The summed E-state index contributed by atoms with van der Waals surface area (Å²) in [4.78, 5) is 11.1. The van der Waals surface area contributed by atoms with Crippen LogP contribution in [0.25, 0.3) is 0 Å². The number of rotatable bonds is 6. The third-order valence-electron chi connectivity index (χ3n) is 2.14. The summed E-state index contributed by atoms with van der Waals surface area (Å²) in [6, 6.07) is 0. The lowest BCUT2D eigenvalue weighted by Crippen LogP contribution is -2.33. The second-order valence-electron chi connectivity index (χ2n) is 3.56. The molecular formula is C9H19NO3S. The minimum absolute atomic E-state index is 0.403. The summed E-state index contributed by atoms with van der Waals surface area (Å²) < 4.78 is 21.5. The van der Waals surface area contributed by atoms with Gasteiger partial charge >= 0.3 is 0 Å². The molecule has 84 valence electrons. The molecule has 0 aromatic heterocycles. The number of carbonyl (C=O) groups is 1. The van der Waals surface area contributed by atoms with Crippen molar-refractivity contribution in [3.63, 3.8) is 0 Å². The molecule has 0 aliphatic heterocycles. The zero-order valence-electron chi connectivity index (χ0n) is 9.04. The van der Waals surface area contributed by atoms with Crippen molar-refractivity contribution in [1.29, 1.82) is 0 Å². The molecular weight excluding hydrogens is 202 g/mol. The molecule has 0 saturated carbocycles. The molecule has 0 saturated heterocycles. The molecule has 0 aromatic rings. The number of hydrogen-bond acceptors (Lipinski definition) is 3. The maximum Gasteiger partial charge on any atom is 0.235 e. The zero-order chi connectivity index (χ0) is 11.2. The van der Waals surface area contributed by atoms with Gasteiger partial charge in [-0.15, -0.1) is 0 Å². The molecule has 0 atom stereocenters. The van der Waals surface area contributed by atoms with Crippen LogP contribution < -0.4 is 5.32 Å². The molecule has 0 rings (SSSR count). The van der Waals surface area contributed by atoms with Gasteiger partial charge in [-0.3, -0.25) is 4.79 Å². The Labute approximate surface area is 86.0 Å². The Morgan fingerprint density at radius 3 is 2.14 bits per heavy atom. The number of amides is 1. The zero-order valence-corrected chi connectivity index (χ0v) is 9.86. The molecule has 0 spiro atoms. The van der Waals surface area contributed by atoms with E-state index >= 15 is 0 Å². The fraction of sp³-hybridized carbons (Fsp3) is 0.889. The number of hydrogen-bond donors (Lipinski definition) is 1. The van der Waals surface area contributed by atoms with E-state index in [1.807, 2.05) is 0 Å². The molecule has 0 aliphatic rings. The molecule has 0 aromatic carbocycles. The smallest absolute Gasteiger partial charge is 0.235 e. The van der Waals surface area contributed by atoms with Crippen LogP contribution in [0.5, 0.6) is 0 Å². The summed E-state index contributed by atoms with van der Waals surface area (Å²) in [6.07, 6.45) is 3.05. The molecule has 0 aliphatic carbocycles. The minimum atomic E-state index is -3.20. The first-order valence-corrected chi connectivity index (χ1v) is 6.89. The second kappa shape index (κ2) is 6.01. The Kier molecular flexibility index (Phi) is 5.76. The van der Waals surface area contributed by atoms with E-state index in [1.54, 1.807) is 0 Å². The Morgan fingerprint density at radius 2 is 1.79 bits per heavy atom. The first kappa shape index (κ1) is 13.4. The van der Waals surface area contributed by atoms with Crippen LogP contribution in [0.15, 0.2) is 0 Å². The third kappa shape index (κ3) is 6.88. The van der Waals surface area contributed by atoms with Crippen molar-refractivity contribution in [3.8, 4) is 0 Å².